The molecule has 0 amide bonds. The van der Waals surface area contributed by atoms with E-state index in [9.17, 15) is 0 Å². The zero-order valence-electron chi connectivity index (χ0n) is 36.5. The van der Waals surface area contributed by atoms with Gasteiger partial charge in [-0.2, -0.15) is 0 Å². The van der Waals surface area contributed by atoms with Gasteiger partial charge in [0.05, 0.1) is 11.4 Å². The van der Waals surface area contributed by atoms with Crippen LogP contribution in [0.2, 0.25) is 0 Å². The first kappa shape index (κ1) is 36.2. The fourth-order valence-corrected chi connectivity index (χ4v) is 16.8. The molecule has 0 aromatic heterocycles. The molecule has 0 N–H and O–H groups in total. The van der Waals surface area contributed by atoms with E-state index in [1.165, 1.54) is 125 Å². The Kier molecular flexibility index (Phi) is 7.36. The third kappa shape index (κ3) is 4.72. The van der Waals surface area contributed by atoms with Crippen LogP contribution in [0.5, 0.6) is 0 Å². The number of anilines is 6. The highest BCUT2D eigenvalue weighted by Crippen LogP contribution is 2.92. The van der Waals surface area contributed by atoms with Gasteiger partial charge in [0.1, 0.15) is 0 Å². The molecule has 312 valence electrons. The third-order valence-electron chi connectivity index (χ3n) is 19.2. The van der Waals surface area contributed by atoms with Crippen molar-refractivity contribution in [2.24, 2.45) is 40.9 Å². The first-order chi connectivity index (χ1) is 31.6. The lowest BCUT2D eigenvalue weighted by atomic mass is 9.12. The molecule has 0 saturated heterocycles. The van der Waals surface area contributed by atoms with Gasteiger partial charge in [0.2, 0.25) is 0 Å². The second-order valence-electron chi connectivity index (χ2n) is 21.5. The van der Waals surface area contributed by atoms with E-state index >= 15 is 0 Å². The molecule has 8 aliphatic rings. The molecule has 4 atom stereocenters. The third-order valence-corrected chi connectivity index (χ3v) is 19.2. The predicted octanol–water partition coefficient (Wildman–Crippen LogP) is 16.4. The monoisotopic (exact) mass is 826 g/mol. The van der Waals surface area contributed by atoms with Gasteiger partial charge in [-0.05, 0) is 198 Å². The van der Waals surface area contributed by atoms with E-state index in [4.69, 9.17) is 0 Å². The predicted molar refractivity (Wildman–Crippen MR) is 265 cm³/mol. The number of nitrogens with zero attached hydrogens (tertiary/aromatic N) is 2. The molecular weight excluding hydrogens is 773 g/mol. The van der Waals surface area contributed by atoms with E-state index in [0.29, 0.717) is 16.2 Å². The first-order valence-corrected chi connectivity index (χ1v) is 24.6. The molecule has 0 aliphatic heterocycles. The Hall–Kier alpha value is -6.12. The minimum Gasteiger partial charge on any atom is -0.310 e. The van der Waals surface area contributed by atoms with Crippen LogP contribution in [-0.4, -0.2) is 0 Å². The largest absolute Gasteiger partial charge is 0.310 e. The van der Waals surface area contributed by atoms with Crippen LogP contribution in [-0.2, 0) is 10.8 Å². The van der Waals surface area contributed by atoms with Crippen LogP contribution >= 0.6 is 0 Å². The highest BCUT2D eigenvalue weighted by atomic mass is 15.1. The Morgan fingerprint density at radius 3 is 1.25 bits per heavy atom. The smallest absolute Gasteiger partial charge is 0.0540 e. The second-order valence-corrected chi connectivity index (χ2v) is 21.5. The van der Waals surface area contributed by atoms with Crippen molar-refractivity contribution < 1.29 is 0 Å². The van der Waals surface area contributed by atoms with Crippen molar-refractivity contribution in [2.75, 3.05) is 9.80 Å². The molecule has 8 aromatic rings. The summed E-state index contributed by atoms with van der Waals surface area (Å²) in [5.41, 5.74) is 14.4. The van der Waals surface area contributed by atoms with E-state index in [0.717, 1.165) is 35.5 Å². The topological polar surface area (TPSA) is 6.48 Å². The Labute approximate surface area is 377 Å². The zero-order valence-corrected chi connectivity index (χ0v) is 36.5. The number of rotatable bonds is 9. The van der Waals surface area contributed by atoms with Crippen molar-refractivity contribution in [3.05, 3.63) is 193 Å². The summed E-state index contributed by atoms with van der Waals surface area (Å²) in [7, 11) is 0. The van der Waals surface area contributed by atoms with Crippen molar-refractivity contribution >= 4 is 55.7 Å². The lowest BCUT2D eigenvalue weighted by Gasteiger charge is -2.91. The van der Waals surface area contributed by atoms with E-state index in [2.05, 4.69) is 192 Å². The summed E-state index contributed by atoms with van der Waals surface area (Å²) in [6.07, 6.45) is 13.0. The van der Waals surface area contributed by atoms with E-state index in [1.54, 1.807) is 11.1 Å². The zero-order chi connectivity index (χ0) is 41.8. The molecule has 8 fully saturated rings. The maximum atomic E-state index is 2.50. The van der Waals surface area contributed by atoms with Crippen LogP contribution < -0.4 is 9.80 Å². The molecule has 2 nitrogen and oxygen atoms in total. The maximum Gasteiger partial charge on any atom is 0.0540 e. The van der Waals surface area contributed by atoms with Crippen molar-refractivity contribution in [2.45, 2.75) is 68.6 Å². The molecular formula is C62H54N2. The molecule has 8 saturated carbocycles. The van der Waals surface area contributed by atoms with Gasteiger partial charge in [-0.1, -0.05) is 121 Å². The van der Waals surface area contributed by atoms with Crippen LogP contribution in [0.15, 0.2) is 182 Å². The average Bonchev–Trinajstić information content (AvgIpc) is 3.73. The summed E-state index contributed by atoms with van der Waals surface area (Å²) in [5, 5.41) is 5.06. The summed E-state index contributed by atoms with van der Waals surface area (Å²) >= 11 is 0. The lowest BCUT2D eigenvalue weighted by molar-refractivity contribution is -0.395. The molecule has 4 unspecified atom stereocenters. The first-order valence-electron chi connectivity index (χ1n) is 24.6. The van der Waals surface area contributed by atoms with Gasteiger partial charge >= 0.3 is 0 Å². The molecule has 1 spiro atoms. The number of fused-ring (bicyclic) bond motifs is 2. The Bertz CT molecular complexity index is 3090. The average molecular weight is 827 g/mol. The minimum atomic E-state index is 0.416. The molecule has 8 aliphatic carbocycles. The van der Waals surface area contributed by atoms with Crippen LogP contribution in [0.3, 0.4) is 0 Å². The van der Waals surface area contributed by atoms with Gasteiger partial charge in [-0.15, -0.1) is 0 Å². The standard InChI is InChI=1S/C62H54N2/c1-3-11-56-44(7-1)9-5-13-58(56)63(54-27-19-46(20-28-54)60-36-40-31-41(37-60)33-48(60)32-40)52-23-15-42(16-24-52)43-17-25-53(26-18-43)64(59-14-6-10-45-8-2-4-12-57(45)59)55-29-21-47(22-30-55)61-38-50-34-49-35-51(39-61)62(49,50)61/h1-30,40-41,48-51H,31-39H2. The van der Waals surface area contributed by atoms with Gasteiger partial charge < -0.3 is 9.80 Å². The molecule has 64 heavy (non-hydrogen) atoms. The highest BCUT2D eigenvalue weighted by Gasteiger charge is 2.87. The van der Waals surface area contributed by atoms with Crippen molar-refractivity contribution in [1.29, 1.82) is 0 Å². The van der Waals surface area contributed by atoms with Gasteiger partial charge in [-0.25, -0.2) is 0 Å². The van der Waals surface area contributed by atoms with Crippen LogP contribution in [0.4, 0.5) is 34.1 Å². The Morgan fingerprint density at radius 1 is 0.344 bits per heavy atom. The summed E-state index contributed by atoms with van der Waals surface area (Å²) in [5.74, 6) is 5.82. The minimum absolute atomic E-state index is 0.416. The number of hydrogen-bond donors (Lipinski definition) is 0. The lowest BCUT2D eigenvalue weighted by Crippen LogP contribution is -2.87. The quantitative estimate of drug-likeness (QED) is 0.143. The van der Waals surface area contributed by atoms with Gasteiger partial charge in [0.15, 0.2) is 0 Å². The summed E-state index contributed by atoms with van der Waals surface area (Å²) in [6.45, 7) is 0. The van der Waals surface area contributed by atoms with Crippen LogP contribution in [0.1, 0.15) is 68.9 Å². The van der Waals surface area contributed by atoms with Gasteiger partial charge in [-0.3, -0.25) is 0 Å². The van der Waals surface area contributed by atoms with Crippen LogP contribution in [0, 0.1) is 40.9 Å². The molecule has 0 radical (unpaired) electrons. The fourth-order valence-electron chi connectivity index (χ4n) is 16.8. The molecule has 16 rings (SSSR count). The van der Waals surface area contributed by atoms with E-state index < -0.39 is 0 Å². The summed E-state index contributed by atoms with van der Waals surface area (Å²) in [4.78, 5) is 4.96. The molecule has 4 bridgehead atoms. The van der Waals surface area contributed by atoms with Gasteiger partial charge in [0, 0.05) is 38.9 Å². The van der Waals surface area contributed by atoms with E-state index in [-0.39, 0.29) is 0 Å². The number of hydrogen-bond acceptors (Lipinski definition) is 2. The van der Waals surface area contributed by atoms with Crippen molar-refractivity contribution in [3.8, 4) is 11.1 Å². The fraction of sp³-hybridized carbons (Fsp3) is 0.290. The van der Waals surface area contributed by atoms with Crippen molar-refractivity contribution in [3.63, 3.8) is 0 Å². The molecule has 0 heterocycles. The van der Waals surface area contributed by atoms with Gasteiger partial charge in [0.25, 0.3) is 0 Å². The highest BCUT2D eigenvalue weighted by molar-refractivity contribution is 6.00. The SMILES string of the molecule is c1ccc2c(N(c3ccc(-c4ccc(N(c5ccc(C67CC8CC9CC(C6)C987)cc5)c5cccc6ccccc56)cc4)cc3)c3ccc(C45CC6CC(CC4C6)C5)cc3)cccc2c1. The molecule has 2 heteroatoms. The van der Waals surface area contributed by atoms with Crippen LogP contribution in [0.25, 0.3) is 32.7 Å². The van der Waals surface area contributed by atoms with Crippen molar-refractivity contribution in [1.82, 2.24) is 0 Å². The summed E-state index contributed by atoms with van der Waals surface area (Å²) < 4.78 is 0. The molecule has 8 aromatic carbocycles. The normalized spacial score (nSPS) is 30.8. The second kappa shape index (κ2) is 13.0. The van der Waals surface area contributed by atoms with E-state index in [1.807, 2.05) is 0 Å². The maximum absolute atomic E-state index is 2.50. The number of benzene rings is 8. The summed E-state index contributed by atoms with van der Waals surface area (Å²) in [6, 6.07) is 69.3. The Morgan fingerprint density at radius 2 is 0.781 bits per heavy atom. The Balaban J connectivity index is 0.767.